The smallest absolute Gasteiger partial charge is 0.269 e. The third-order valence-corrected chi connectivity index (χ3v) is 3.63. The third kappa shape index (κ3) is 4.36. The SMILES string of the molecule is O=C(CCc1ccsc1)NNC(=O)c1ccc(Cl)cc1. The minimum atomic E-state index is -0.370. The minimum Gasteiger partial charge on any atom is -0.273 e. The Labute approximate surface area is 125 Å². The molecule has 0 saturated heterocycles. The van der Waals surface area contributed by atoms with Crippen LogP contribution in [-0.4, -0.2) is 11.8 Å². The summed E-state index contributed by atoms with van der Waals surface area (Å²) in [6, 6.07) is 8.40. The summed E-state index contributed by atoms with van der Waals surface area (Å²) in [5.74, 6) is -0.593. The molecule has 0 fully saturated rings. The molecule has 0 bridgehead atoms. The largest absolute Gasteiger partial charge is 0.273 e. The van der Waals surface area contributed by atoms with Crippen molar-refractivity contribution in [3.8, 4) is 0 Å². The van der Waals surface area contributed by atoms with E-state index in [4.69, 9.17) is 11.6 Å². The molecule has 2 N–H and O–H groups in total. The second-order valence-corrected chi connectivity index (χ2v) is 5.36. The van der Waals surface area contributed by atoms with Crippen LogP contribution in [0, 0.1) is 0 Å². The molecule has 2 rings (SSSR count). The van der Waals surface area contributed by atoms with Gasteiger partial charge < -0.3 is 0 Å². The number of benzene rings is 1. The molecule has 0 saturated carbocycles. The molecule has 2 aromatic rings. The van der Waals surface area contributed by atoms with Gasteiger partial charge in [0.15, 0.2) is 0 Å². The number of thiophene rings is 1. The maximum absolute atomic E-state index is 11.7. The quantitative estimate of drug-likeness (QED) is 0.853. The van der Waals surface area contributed by atoms with Gasteiger partial charge in [0.1, 0.15) is 0 Å². The Morgan fingerprint density at radius 2 is 1.85 bits per heavy atom. The van der Waals surface area contributed by atoms with Crippen molar-refractivity contribution in [3.05, 3.63) is 57.2 Å². The number of hydrogen-bond donors (Lipinski definition) is 2. The molecule has 20 heavy (non-hydrogen) atoms. The first-order valence-electron chi connectivity index (χ1n) is 6.01. The van der Waals surface area contributed by atoms with Crippen molar-refractivity contribution in [1.82, 2.24) is 10.9 Å². The van der Waals surface area contributed by atoms with Gasteiger partial charge >= 0.3 is 0 Å². The van der Waals surface area contributed by atoms with Gasteiger partial charge in [-0.1, -0.05) is 11.6 Å². The molecule has 104 valence electrons. The predicted molar refractivity (Wildman–Crippen MR) is 79.7 cm³/mol. The maximum atomic E-state index is 11.7. The van der Waals surface area contributed by atoms with Crippen LogP contribution in [0.2, 0.25) is 5.02 Å². The van der Waals surface area contributed by atoms with Gasteiger partial charge in [0, 0.05) is 17.0 Å². The lowest BCUT2D eigenvalue weighted by Crippen LogP contribution is -2.41. The number of halogens is 1. The molecule has 0 radical (unpaired) electrons. The van der Waals surface area contributed by atoms with Gasteiger partial charge in [-0.05, 0) is 53.1 Å². The molecule has 2 amide bonds. The monoisotopic (exact) mass is 308 g/mol. The molecule has 0 aliphatic carbocycles. The molecule has 0 atom stereocenters. The molecule has 1 heterocycles. The average Bonchev–Trinajstić information content (AvgIpc) is 2.96. The van der Waals surface area contributed by atoms with Crippen molar-refractivity contribution in [1.29, 1.82) is 0 Å². The first-order chi connectivity index (χ1) is 9.65. The number of rotatable bonds is 4. The predicted octanol–water partition coefficient (Wildman–Crippen LogP) is 2.80. The van der Waals surface area contributed by atoms with Gasteiger partial charge in [-0.25, -0.2) is 0 Å². The Hall–Kier alpha value is -1.85. The zero-order valence-electron chi connectivity index (χ0n) is 10.6. The second-order valence-electron chi connectivity index (χ2n) is 4.14. The molecule has 0 spiro atoms. The number of aryl methyl sites for hydroxylation is 1. The summed E-state index contributed by atoms with van der Waals surface area (Å²) in [6.07, 6.45) is 0.990. The Kier molecular flexibility index (Phi) is 5.15. The second kappa shape index (κ2) is 7.07. The summed E-state index contributed by atoms with van der Waals surface area (Å²) >= 11 is 7.33. The lowest BCUT2D eigenvalue weighted by molar-refractivity contribution is -0.121. The zero-order valence-corrected chi connectivity index (χ0v) is 12.1. The number of hydrazine groups is 1. The molecule has 0 aliphatic rings. The van der Waals surface area contributed by atoms with E-state index in [9.17, 15) is 9.59 Å². The normalized spacial score (nSPS) is 10.1. The summed E-state index contributed by atoms with van der Waals surface area (Å²) in [7, 11) is 0. The van der Waals surface area contributed by atoms with Crippen LogP contribution in [0.25, 0.3) is 0 Å². The van der Waals surface area contributed by atoms with E-state index >= 15 is 0 Å². The first-order valence-corrected chi connectivity index (χ1v) is 7.33. The molecule has 6 heteroatoms. The molecular formula is C14H13ClN2O2S. The van der Waals surface area contributed by atoms with Crippen LogP contribution in [0.15, 0.2) is 41.1 Å². The van der Waals surface area contributed by atoms with Gasteiger partial charge in [0.25, 0.3) is 5.91 Å². The lowest BCUT2D eigenvalue weighted by atomic mass is 10.2. The maximum Gasteiger partial charge on any atom is 0.269 e. The van der Waals surface area contributed by atoms with Crippen LogP contribution in [0.4, 0.5) is 0 Å². The molecule has 0 unspecified atom stereocenters. The van der Waals surface area contributed by atoms with E-state index in [1.54, 1.807) is 35.6 Å². The Morgan fingerprint density at radius 1 is 1.10 bits per heavy atom. The number of carbonyl (C=O) groups is 2. The molecule has 1 aromatic heterocycles. The number of nitrogens with one attached hydrogen (secondary N) is 2. The van der Waals surface area contributed by atoms with Crippen LogP contribution in [0.5, 0.6) is 0 Å². The minimum absolute atomic E-state index is 0.224. The van der Waals surface area contributed by atoms with Gasteiger partial charge in [-0.3, -0.25) is 20.4 Å². The number of carbonyl (C=O) groups excluding carboxylic acids is 2. The van der Waals surface area contributed by atoms with Crippen molar-refractivity contribution in [2.45, 2.75) is 12.8 Å². The van der Waals surface area contributed by atoms with E-state index in [1.165, 1.54) is 0 Å². The summed E-state index contributed by atoms with van der Waals surface area (Å²) in [5, 5.41) is 4.52. The van der Waals surface area contributed by atoms with Gasteiger partial charge in [-0.2, -0.15) is 11.3 Å². The van der Waals surface area contributed by atoms with Crippen LogP contribution in [0.3, 0.4) is 0 Å². The highest BCUT2D eigenvalue weighted by molar-refractivity contribution is 7.07. The summed E-state index contributed by atoms with van der Waals surface area (Å²) in [4.78, 5) is 23.3. The fourth-order valence-corrected chi connectivity index (χ4v) is 2.38. The highest BCUT2D eigenvalue weighted by Crippen LogP contribution is 2.09. The zero-order chi connectivity index (χ0) is 14.4. The number of amides is 2. The topological polar surface area (TPSA) is 58.2 Å². The fraction of sp³-hybridized carbons (Fsp3) is 0.143. The molecule has 1 aromatic carbocycles. The first kappa shape index (κ1) is 14.6. The van der Waals surface area contributed by atoms with Gasteiger partial charge in [0.2, 0.25) is 5.91 Å². The van der Waals surface area contributed by atoms with Crippen LogP contribution in [0.1, 0.15) is 22.3 Å². The highest BCUT2D eigenvalue weighted by Gasteiger charge is 2.07. The van der Waals surface area contributed by atoms with E-state index in [-0.39, 0.29) is 11.8 Å². The van der Waals surface area contributed by atoms with E-state index in [0.29, 0.717) is 23.4 Å². The van der Waals surface area contributed by atoms with Crippen molar-refractivity contribution in [2.75, 3.05) is 0 Å². The van der Waals surface area contributed by atoms with Crippen molar-refractivity contribution < 1.29 is 9.59 Å². The van der Waals surface area contributed by atoms with E-state index < -0.39 is 0 Å². The Bertz CT molecular complexity index is 582. The Morgan fingerprint density at radius 3 is 2.50 bits per heavy atom. The van der Waals surface area contributed by atoms with Crippen LogP contribution in [-0.2, 0) is 11.2 Å². The molecule has 4 nitrogen and oxygen atoms in total. The van der Waals surface area contributed by atoms with Crippen molar-refractivity contribution >= 4 is 34.8 Å². The van der Waals surface area contributed by atoms with Gasteiger partial charge in [-0.15, -0.1) is 0 Å². The number of hydrogen-bond acceptors (Lipinski definition) is 3. The van der Waals surface area contributed by atoms with Crippen LogP contribution < -0.4 is 10.9 Å². The fourth-order valence-electron chi connectivity index (χ4n) is 1.56. The summed E-state index contributed by atoms with van der Waals surface area (Å²) in [5.41, 5.74) is 6.32. The average molecular weight is 309 g/mol. The van der Waals surface area contributed by atoms with E-state index in [0.717, 1.165) is 5.56 Å². The lowest BCUT2D eigenvalue weighted by Gasteiger charge is -2.07. The van der Waals surface area contributed by atoms with Gasteiger partial charge in [0.05, 0.1) is 0 Å². The summed E-state index contributed by atoms with van der Waals surface area (Å²) in [6.45, 7) is 0. The highest BCUT2D eigenvalue weighted by atomic mass is 35.5. The molecule has 0 aliphatic heterocycles. The summed E-state index contributed by atoms with van der Waals surface area (Å²) < 4.78 is 0. The molecular weight excluding hydrogens is 296 g/mol. The van der Waals surface area contributed by atoms with Crippen LogP contribution >= 0.6 is 22.9 Å². The van der Waals surface area contributed by atoms with Crippen molar-refractivity contribution in [3.63, 3.8) is 0 Å². The van der Waals surface area contributed by atoms with Crippen molar-refractivity contribution in [2.24, 2.45) is 0 Å². The van der Waals surface area contributed by atoms with E-state index in [2.05, 4.69) is 10.9 Å². The van der Waals surface area contributed by atoms with E-state index in [1.807, 2.05) is 16.8 Å². The third-order valence-electron chi connectivity index (χ3n) is 2.64. The standard InChI is InChI=1S/C14H13ClN2O2S/c15-12-4-2-11(3-5-12)14(19)17-16-13(18)6-1-10-7-8-20-9-10/h2-5,7-9H,1,6H2,(H,16,18)(H,17,19). The Balaban J connectivity index is 1.75.